The number of amides is 2. The first-order chi connectivity index (χ1) is 36.4. The van der Waals surface area contributed by atoms with Gasteiger partial charge in [-0.05, 0) is 83.6 Å². The largest absolute Gasteiger partial charge is 0.348 e. The molecule has 8 aromatic heterocycles. The van der Waals surface area contributed by atoms with Gasteiger partial charge in [0.25, 0.3) is 11.1 Å². The van der Waals surface area contributed by atoms with Gasteiger partial charge in [0.2, 0.25) is 23.7 Å². The van der Waals surface area contributed by atoms with Crippen LogP contribution in [-0.4, -0.2) is 76.1 Å². The molecule has 1 unspecified atom stereocenters. The Hall–Kier alpha value is -8.98. The second-order valence-electron chi connectivity index (χ2n) is 19.4. The van der Waals surface area contributed by atoms with Crippen LogP contribution in [0, 0.1) is 34.5 Å². The average Bonchev–Trinajstić information content (AvgIpc) is 4.15. The molecule has 0 bridgehead atoms. The van der Waals surface area contributed by atoms with Gasteiger partial charge in [-0.15, -0.1) is 0 Å². The molecule has 10 rings (SSSR count). The van der Waals surface area contributed by atoms with Crippen molar-refractivity contribution in [3.63, 3.8) is 0 Å². The third kappa shape index (κ3) is 9.33. The molecule has 0 aliphatic carbocycles. The van der Waals surface area contributed by atoms with E-state index in [0.717, 1.165) is 21.9 Å². The number of pyridine rings is 2. The number of carbonyl (C=O) groups excluding carboxylic acids is 2. The first-order valence-corrected chi connectivity index (χ1v) is 24.9. The Bertz CT molecular complexity index is 4240. The maximum absolute atomic E-state index is 14.8. The summed E-state index contributed by atoms with van der Waals surface area (Å²) >= 11 is 12.9. The summed E-state index contributed by atoms with van der Waals surface area (Å²) in [6, 6.07) is 22.2. The number of nitrogens with zero attached hydrogens (tertiary/aromatic N) is 15. The lowest BCUT2D eigenvalue weighted by Crippen LogP contribution is -2.40. The number of aryl methyl sites for hydroxylation is 2. The van der Waals surface area contributed by atoms with Crippen molar-refractivity contribution in [3.8, 4) is 34.9 Å². The minimum absolute atomic E-state index is 0.0269. The zero-order chi connectivity index (χ0) is 53.9. The number of rotatable bonds is 14. The zero-order valence-corrected chi connectivity index (χ0v) is 43.9. The Morgan fingerprint density at radius 3 is 1.67 bits per heavy atom. The van der Waals surface area contributed by atoms with Crippen LogP contribution < -0.4 is 21.3 Å². The first kappa shape index (κ1) is 50.5. The number of anilines is 2. The number of carbonyl (C=O) groups is 2. The summed E-state index contributed by atoms with van der Waals surface area (Å²) in [7, 11) is 6.57. The van der Waals surface area contributed by atoms with E-state index >= 15 is 0 Å². The monoisotopic (exact) mass is 1050 g/mol. The van der Waals surface area contributed by atoms with Crippen molar-refractivity contribution in [1.82, 2.24) is 57.8 Å². The van der Waals surface area contributed by atoms with Crippen LogP contribution in [0.15, 0.2) is 95.0 Å². The second kappa shape index (κ2) is 20.0. The highest BCUT2D eigenvalue weighted by molar-refractivity contribution is 6.31. The zero-order valence-electron chi connectivity index (χ0n) is 42.4. The van der Waals surface area contributed by atoms with Crippen LogP contribution in [0.1, 0.15) is 55.9 Å². The summed E-state index contributed by atoms with van der Waals surface area (Å²) in [4.78, 5) is 77.7. The van der Waals surface area contributed by atoms with E-state index in [1.54, 1.807) is 88.6 Å². The maximum Gasteiger partial charge on any atom is 0.266 e. The Kier molecular flexibility index (Phi) is 13.3. The molecule has 382 valence electrons. The molecule has 0 radical (unpaired) electrons. The molecule has 0 fully saturated rings. The van der Waals surface area contributed by atoms with Crippen LogP contribution in [-0.2, 0) is 50.9 Å². The van der Waals surface area contributed by atoms with E-state index in [0.29, 0.717) is 55.0 Å². The molecular formula is C54H48Cl2N16O4. The lowest BCUT2D eigenvalue weighted by atomic mass is 10.1. The average molecular weight is 1060 g/mol. The highest BCUT2D eigenvalue weighted by Crippen LogP contribution is 2.33. The molecule has 1 N–H and O–H groups in total. The van der Waals surface area contributed by atoms with E-state index in [2.05, 4.69) is 27.4 Å². The summed E-state index contributed by atoms with van der Waals surface area (Å²) in [6.07, 6.45) is 6.66. The molecular weight excluding hydrogens is 1010 g/mol. The number of benzene rings is 2. The molecule has 76 heavy (non-hydrogen) atoms. The molecule has 8 heterocycles. The summed E-state index contributed by atoms with van der Waals surface area (Å²) in [5.41, 5.74) is 4.90. The minimum atomic E-state index is -0.529. The van der Waals surface area contributed by atoms with E-state index < -0.39 is 22.9 Å². The van der Waals surface area contributed by atoms with Crippen molar-refractivity contribution in [2.45, 2.75) is 46.7 Å². The summed E-state index contributed by atoms with van der Waals surface area (Å²) < 4.78 is 9.35. The number of fused-ring (bicyclic) bond motifs is 4. The predicted molar refractivity (Wildman–Crippen MR) is 290 cm³/mol. The Morgan fingerprint density at radius 2 is 1.18 bits per heavy atom. The van der Waals surface area contributed by atoms with Gasteiger partial charge in [-0.2, -0.15) is 30.7 Å². The normalized spacial score (nSPS) is 12.0. The van der Waals surface area contributed by atoms with Gasteiger partial charge in [0.1, 0.15) is 34.3 Å². The third-order valence-electron chi connectivity index (χ3n) is 13.3. The maximum atomic E-state index is 14.8. The number of nitriles is 2. The van der Waals surface area contributed by atoms with Crippen molar-refractivity contribution in [2.75, 3.05) is 16.8 Å². The quantitative estimate of drug-likeness (QED) is 0.109. The summed E-state index contributed by atoms with van der Waals surface area (Å²) in [6.45, 7) is 5.93. The number of hydrogen-bond donors (Lipinski definition) is 1. The first-order valence-electron chi connectivity index (χ1n) is 24.2. The number of aromatic nitrogens is 12. The summed E-state index contributed by atoms with van der Waals surface area (Å²) in [5.74, 6) is -1.46. The van der Waals surface area contributed by atoms with Crippen LogP contribution in [0.5, 0.6) is 0 Å². The van der Waals surface area contributed by atoms with E-state index in [-0.39, 0.29) is 78.3 Å². The number of nitrogens with one attached hydrogen (secondary N) is 1. The summed E-state index contributed by atoms with van der Waals surface area (Å²) in [5, 5.41) is 35.2. The molecule has 10 aromatic rings. The van der Waals surface area contributed by atoms with Crippen LogP contribution in [0.3, 0.4) is 0 Å². The molecule has 0 aliphatic heterocycles. The van der Waals surface area contributed by atoms with Crippen LogP contribution in [0.25, 0.3) is 66.6 Å². The van der Waals surface area contributed by atoms with Gasteiger partial charge in [-0.3, -0.25) is 57.9 Å². The fourth-order valence-corrected chi connectivity index (χ4v) is 10.1. The van der Waals surface area contributed by atoms with Gasteiger partial charge in [-0.1, -0.05) is 44.0 Å². The molecule has 0 aliphatic rings. The second-order valence-corrected chi connectivity index (χ2v) is 20.3. The predicted octanol–water partition coefficient (Wildman–Crippen LogP) is 7.87. The molecule has 2 amide bonds. The highest BCUT2D eigenvalue weighted by Gasteiger charge is 2.30. The van der Waals surface area contributed by atoms with E-state index in [1.807, 2.05) is 50.2 Å². The van der Waals surface area contributed by atoms with Gasteiger partial charge < -0.3 is 9.13 Å². The molecule has 22 heteroatoms. The Balaban J connectivity index is 0.984. The lowest BCUT2D eigenvalue weighted by molar-refractivity contribution is -0.120. The van der Waals surface area contributed by atoms with Crippen LogP contribution in [0.4, 0.5) is 11.9 Å². The topological polar surface area (TPSA) is 238 Å². The molecule has 2 aromatic carbocycles. The highest BCUT2D eigenvalue weighted by atomic mass is 35.5. The molecule has 0 saturated carbocycles. The standard InChI is InChI=1S/C54H48Cl2N16O4/c1-29(2)16-44(74)70(54-63-50-46(52(76)69(54)7)48(42-19-32(23-58)26-67(42)5)72(65-50)28-34-13-15-60-40-11-9-36(56)21-38(34)40)24-30(3)17-43(73)61-53-62-49-45(51(75)68(53)6)47(41-18-31(22-57)25-66(41)4)71(64-49)27-33-12-14-59-39-10-8-35(55)20-37(33)39/h8-15,18-21,25-26,29-30H,16-17,24,27-28H2,1-7H3,(H,61,62,64,73). The number of hydrogen-bond acceptors (Lipinski definition) is 12. The smallest absolute Gasteiger partial charge is 0.266 e. The fourth-order valence-electron chi connectivity index (χ4n) is 9.71. The van der Waals surface area contributed by atoms with Gasteiger partial charge >= 0.3 is 0 Å². The van der Waals surface area contributed by atoms with Gasteiger partial charge in [-0.25, -0.2) is 0 Å². The lowest BCUT2D eigenvalue weighted by Gasteiger charge is -2.27. The van der Waals surface area contributed by atoms with Crippen molar-refractivity contribution in [2.24, 2.45) is 40.0 Å². The van der Waals surface area contributed by atoms with Crippen LogP contribution >= 0.6 is 23.2 Å². The van der Waals surface area contributed by atoms with Gasteiger partial charge in [0, 0.05) is 93.2 Å². The fraction of sp³-hybridized carbons (Fsp3) is 0.259. The van der Waals surface area contributed by atoms with E-state index in [1.165, 1.54) is 28.1 Å². The van der Waals surface area contributed by atoms with Gasteiger partial charge in [0.15, 0.2) is 11.3 Å². The van der Waals surface area contributed by atoms with Crippen molar-refractivity contribution < 1.29 is 9.59 Å². The van der Waals surface area contributed by atoms with Crippen molar-refractivity contribution in [3.05, 3.63) is 138 Å². The Morgan fingerprint density at radius 1 is 0.684 bits per heavy atom. The number of halogens is 2. The molecule has 20 nitrogen and oxygen atoms in total. The van der Waals surface area contributed by atoms with Gasteiger partial charge in [0.05, 0.1) is 46.6 Å². The molecule has 0 saturated heterocycles. The molecule has 0 spiro atoms. The Labute approximate surface area is 443 Å². The van der Waals surface area contributed by atoms with Crippen molar-refractivity contribution in [1.29, 1.82) is 10.5 Å². The van der Waals surface area contributed by atoms with Crippen molar-refractivity contribution >= 4 is 90.8 Å². The van der Waals surface area contributed by atoms with E-state index in [9.17, 15) is 29.7 Å². The van der Waals surface area contributed by atoms with Crippen LogP contribution in [0.2, 0.25) is 10.0 Å². The van der Waals surface area contributed by atoms with E-state index in [4.69, 9.17) is 43.4 Å². The molecule has 1 atom stereocenters. The minimum Gasteiger partial charge on any atom is -0.348 e. The SMILES string of the molecule is CC(C)CC(=O)N(CC(C)CC(=O)Nc1nc2nn(Cc3ccnc4ccc(Cl)cc34)c(-c3cc(C#N)cn3C)c2c(=O)n1C)c1nc2nn(Cc3ccnc4ccc(Cl)cc34)c(-c3cc(C#N)cn3C)c2c(=O)n1C. The third-order valence-corrected chi connectivity index (χ3v) is 13.8.